The number of aryl methyl sites for hydroxylation is 1. The van der Waals surface area contributed by atoms with Crippen LogP contribution in [0, 0.1) is 12.3 Å². The summed E-state index contributed by atoms with van der Waals surface area (Å²) < 4.78 is 1.01. The molecule has 2 saturated heterocycles. The molecular formula is C29H28N6O6. The summed E-state index contributed by atoms with van der Waals surface area (Å²) in [5.41, 5.74) is -0.1000. The Morgan fingerprint density at radius 3 is 2.41 bits per heavy atom. The maximum atomic E-state index is 13.6. The lowest BCUT2D eigenvalue weighted by Gasteiger charge is -2.50. The molecule has 0 bridgehead atoms. The lowest BCUT2D eigenvalue weighted by Crippen LogP contribution is -2.70. The second-order valence-electron chi connectivity index (χ2n) is 10.7. The molecule has 3 aromatic rings. The topological polar surface area (TPSA) is 148 Å². The summed E-state index contributed by atoms with van der Waals surface area (Å²) in [5, 5.41) is 10.9. The van der Waals surface area contributed by atoms with Crippen LogP contribution in [-0.2, 0) is 16.0 Å². The monoisotopic (exact) mass is 556 g/mol. The zero-order chi connectivity index (χ0) is 29.2. The molecule has 4 heterocycles. The first kappa shape index (κ1) is 26.2. The van der Waals surface area contributed by atoms with E-state index < -0.39 is 40.4 Å². The molecule has 1 spiro atoms. The average Bonchev–Trinajstić information content (AvgIpc) is 3.45. The van der Waals surface area contributed by atoms with Crippen molar-refractivity contribution in [2.45, 2.75) is 32.2 Å². The van der Waals surface area contributed by atoms with Gasteiger partial charge in [0, 0.05) is 32.5 Å². The Kier molecular flexibility index (Phi) is 5.94. The number of barbiturate groups is 1. The van der Waals surface area contributed by atoms with E-state index in [1.54, 1.807) is 43.3 Å². The number of benzene rings is 2. The van der Waals surface area contributed by atoms with Gasteiger partial charge in [-0.2, -0.15) is 0 Å². The summed E-state index contributed by atoms with van der Waals surface area (Å²) in [4.78, 5) is 75.6. The molecule has 0 aliphatic carbocycles. The van der Waals surface area contributed by atoms with Gasteiger partial charge in [0.2, 0.25) is 17.7 Å². The molecule has 1 aromatic heterocycles. The van der Waals surface area contributed by atoms with Gasteiger partial charge in [0.05, 0.1) is 17.4 Å². The molecule has 3 aliphatic rings. The van der Waals surface area contributed by atoms with E-state index >= 15 is 0 Å². The Hall–Kier alpha value is -5.00. The minimum atomic E-state index is -1.44. The third-order valence-electron chi connectivity index (χ3n) is 8.43. The van der Waals surface area contributed by atoms with Crippen molar-refractivity contribution in [1.29, 1.82) is 0 Å². The number of aromatic nitrogens is 2. The molecule has 210 valence electrons. The maximum Gasteiger partial charge on any atom is 0.335 e. The molecule has 3 aliphatic heterocycles. The number of aromatic hydroxyl groups is 1. The summed E-state index contributed by atoms with van der Waals surface area (Å²) in [6.45, 7) is 2.44. The van der Waals surface area contributed by atoms with E-state index in [-0.39, 0.29) is 18.0 Å². The fourth-order valence-corrected chi connectivity index (χ4v) is 6.42. The van der Waals surface area contributed by atoms with Crippen LogP contribution in [0.1, 0.15) is 29.5 Å². The summed E-state index contributed by atoms with van der Waals surface area (Å²) in [6, 6.07) is 11.3. The molecule has 0 unspecified atom stereocenters. The number of hydrogen-bond donors (Lipinski definition) is 2. The summed E-state index contributed by atoms with van der Waals surface area (Å²) >= 11 is 0. The number of H-pyrrole nitrogens is 1. The number of fused-ring (bicyclic) bond motifs is 4. The quantitative estimate of drug-likeness (QED) is 0.370. The minimum absolute atomic E-state index is 0.0937. The normalized spacial score (nSPS) is 19.8. The van der Waals surface area contributed by atoms with Crippen LogP contribution >= 0.6 is 0 Å². The zero-order valence-electron chi connectivity index (χ0n) is 22.7. The fourth-order valence-electron chi connectivity index (χ4n) is 6.42. The number of anilines is 1. The molecule has 12 nitrogen and oxygen atoms in total. The van der Waals surface area contributed by atoms with E-state index in [0.29, 0.717) is 35.5 Å². The number of hydrogen-bond acceptors (Lipinski definition) is 8. The third kappa shape index (κ3) is 3.74. The Morgan fingerprint density at radius 1 is 1.00 bits per heavy atom. The first-order valence-corrected chi connectivity index (χ1v) is 13.2. The van der Waals surface area contributed by atoms with Gasteiger partial charge in [-0.1, -0.05) is 18.2 Å². The van der Waals surface area contributed by atoms with Crippen molar-refractivity contribution in [1.82, 2.24) is 19.4 Å². The first-order chi connectivity index (χ1) is 19.6. The number of carbonyl (C=O) groups is 3. The molecular weight excluding hydrogens is 528 g/mol. The van der Waals surface area contributed by atoms with Crippen LogP contribution in [-0.4, -0.2) is 75.2 Å². The highest BCUT2D eigenvalue weighted by molar-refractivity contribution is 6.20. The van der Waals surface area contributed by atoms with E-state index in [0.717, 1.165) is 26.5 Å². The first-order valence-electron chi connectivity index (χ1n) is 13.2. The number of amides is 4. The van der Waals surface area contributed by atoms with Gasteiger partial charge in [0.15, 0.2) is 5.41 Å². The fraction of sp³-hybridized carbons (Fsp3) is 0.310. The van der Waals surface area contributed by atoms with Gasteiger partial charge in [-0.25, -0.2) is 14.2 Å². The standard InChI is InChI=1S/C29H28N6O6/c1-16-7-4-5-8-20(16)35-24(37)19(23(36)31-27(35)40)15-30-18-10-11-21-17(13-18)14-29(22-9-6-12-34(21)22)25(38)32(2)28(41)33(3)26(29)39/h4-5,7-8,10-11,13,15,22,37H,6,9,12,14H2,1-3H3,(H,31,36,40)/t22-/m0/s1. The highest BCUT2D eigenvalue weighted by Crippen LogP contribution is 2.49. The van der Waals surface area contributed by atoms with E-state index in [2.05, 4.69) is 14.9 Å². The number of aliphatic imine (C=N–C) groups is 1. The van der Waals surface area contributed by atoms with Gasteiger partial charge in [0.1, 0.15) is 5.56 Å². The Bertz CT molecular complexity index is 1760. The summed E-state index contributed by atoms with van der Waals surface area (Å²) in [7, 11) is 2.79. The Morgan fingerprint density at radius 2 is 1.71 bits per heavy atom. The van der Waals surface area contributed by atoms with Crippen LogP contribution in [0.15, 0.2) is 57.0 Å². The summed E-state index contributed by atoms with van der Waals surface area (Å²) in [6.07, 6.45) is 2.71. The third-order valence-corrected chi connectivity index (χ3v) is 8.43. The number of nitrogens with one attached hydrogen (secondary N) is 1. The molecule has 0 saturated carbocycles. The predicted molar refractivity (Wildman–Crippen MR) is 150 cm³/mol. The van der Waals surface area contributed by atoms with Gasteiger partial charge in [-0.15, -0.1) is 0 Å². The second-order valence-corrected chi connectivity index (χ2v) is 10.7. The number of urea groups is 1. The smallest absolute Gasteiger partial charge is 0.335 e. The van der Waals surface area contributed by atoms with Crippen molar-refractivity contribution in [3.8, 4) is 11.6 Å². The molecule has 2 fully saturated rings. The van der Waals surface area contributed by atoms with E-state index in [1.165, 1.54) is 20.3 Å². The van der Waals surface area contributed by atoms with Crippen LogP contribution < -0.4 is 16.1 Å². The molecule has 2 N–H and O–H groups in total. The van der Waals surface area contributed by atoms with Crippen molar-refractivity contribution in [2.24, 2.45) is 10.4 Å². The highest BCUT2D eigenvalue weighted by Gasteiger charge is 2.63. The number of rotatable bonds is 3. The predicted octanol–water partition coefficient (Wildman–Crippen LogP) is 1.85. The lowest BCUT2D eigenvalue weighted by molar-refractivity contribution is -0.159. The molecule has 6 rings (SSSR count). The molecule has 0 radical (unpaired) electrons. The molecule has 2 aromatic carbocycles. The number of nitrogens with zero attached hydrogens (tertiary/aromatic N) is 5. The van der Waals surface area contributed by atoms with Crippen LogP contribution in [0.2, 0.25) is 0 Å². The molecule has 1 atom stereocenters. The van der Waals surface area contributed by atoms with E-state index in [9.17, 15) is 29.1 Å². The molecule has 12 heteroatoms. The van der Waals surface area contributed by atoms with Gasteiger partial charge in [-0.05, 0) is 61.6 Å². The lowest BCUT2D eigenvalue weighted by atomic mass is 9.68. The van der Waals surface area contributed by atoms with E-state index in [4.69, 9.17) is 0 Å². The van der Waals surface area contributed by atoms with Crippen molar-refractivity contribution < 1.29 is 19.5 Å². The minimum Gasteiger partial charge on any atom is -0.493 e. The second kappa shape index (κ2) is 9.29. The van der Waals surface area contributed by atoms with Gasteiger partial charge in [-0.3, -0.25) is 34.2 Å². The number of imide groups is 2. The number of para-hydroxylation sites is 1. The van der Waals surface area contributed by atoms with Gasteiger partial charge < -0.3 is 10.0 Å². The largest absolute Gasteiger partial charge is 0.493 e. The zero-order valence-corrected chi connectivity index (χ0v) is 22.7. The van der Waals surface area contributed by atoms with Gasteiger partial charge in [0.25, 0.3) is 5.56 Å². The van der Waals surface area contributed by atoms with Crippen LogP contribution in [0.5, 0.6) is 5.88 Å². The Labute approximate surface area is 234 Å². The van der Waals surface area contributed by atoms with Gasteiger partial charge >= 0.3 is 11.7 Å². The van der Waals surface area contributed by atoms with Crippen molar-refractivity contribution in [3.05, 3.63) is 80.0 Å². The average molecular weight is 557 g/mol. The van der Waals surface area contributed by atoms with Crippen LogP contribution in [0.3, 0.4) is 0 Å². The van der Waals surface area contributed by atoms with Crippen LogP contribution in [0.4, 0.5) is 16.2 Å². The van der Waals surface area contributed by atoms with Crippen molar-refractivity contribution >= 4 is 35.4 Å². The van der Waals surface area contributed by atoms with Crippen molar-refractivity contribution in [3.63, 3.8) is 0 Å². The highest BCUT2D eigenvalue weighted by atomic mass is 16.3. The molecule has 4 amide bonds. The maximum absolute atomic E-state index is 13.6. The van der Waals surface area contributed by atoms with Crippen LogP contribution in [0.25, 0.3) is 5.69 Å². The SMILES string of the molecule is Cc1ccccc1-n1c(O)c(C=Nc2ccc3c(c2)CC2(C(=O)N(C)C(=O)N(C)C2=O)[C@@H]2CCCN32)c(=O)[nH]c1=O. The number of carbonyl (C=O) groups excluding carboxylic acids is 3. The van der Waals surface area contributed by atoms with Crippen molar-refractivity contribution in [2.75, 3.05) is 25.5 Å². The van der Waals surface area contributed by atoms with E-state index in [1.807, 2.05) is 6.07 Å². The number of aromatic amines is 1. The Balaban J connectivity index is 1.41. The molecule has 41 heavy (non-hydrogen) atoms. The summed E-state index contributed by atoms with van der Waals surface area (Å²) in [5.74, 6) is -1.59.